The molecule has 0 radical (unpaired) electrons. The van der Waals surface area contributed by atoms with Crippen LogP contribution in [0.3, 0.4) is 0 Å². The number of aryl methyl sites for hydroxylation is 1. The molecule has 1 aromatic carbocycles. The molecule has 0 unspecified atom stereocenters. The van der Waals surface area contributed by atoms with Crippen LogP contribution in [0.1, 0.15) is 16.1 Å². The number of hydrogen-bond donors (Lipinski definition) is 3. The highest BCUT2D eigenvalue weighted by Crippen LogP contribution is 2.39. The number of carbonyl (C=O) groups is 1. The number of methoxy groups -OCH3 is 1. The van der Waals surface area contributed by atoms with Crippen molar-refractivity contribution in [2.45, 2.75) is 6.42 Å². The van der Waals surface area contributed by atoms with Crippen molar-refractivity contribution in [3.63, 3.8) is 0 Å². The Morgan fingerprint density at radius 3 is 2.79 bits per heavy atom. The number of aromatic amines is 1. The van der Waals surface area contributed by atoms with Crippen LogP contribution < -0.4 is 20.9 Å². The number of fused-ring (bicyclic) bond motifs is 1. The Morgan fingerprint density at radius 1 is 1.21 bits per heavy atom. The van der Waals surface area contributed by atoms with E-state index in [9.17, 15) is 14.0 Å². The maximum Gasteiger partial charge on any atom is 0.255 e. The van der Waals surface area contributed by atoms with Gasteiger partial charge >= 0.3 is 0 Å². The van der Waals surface area contributed by atoms with Crippen molar-refractivity contribution < 1.29 is 13.9 Å². The van der Waals surface area contributed by atoms with Crippen LogP contribution in [0.2, 0.25) is 0 Å². The second-order valence-corrected chi connectivity index (χ2v) is 6.55. The number of nitrogens with zero attached hydrogens (tertiary/aromatic N) is 1. The molecule has 0 saturated carbocycles. The smallest absolute Gasteiger partial charge is 0.255 e. The molecule has 0 spiro atoms. The zero-order valence-corrected chi connectivity index (χ0v) is 15.4. The Morgan fingerprint density at radius 2 is 2.04 bits per heavy atom. The molecule has 3 N–H and O–H groups in total. The van der Waals surface area contributed by atoms with Crippen molar-refractivity contribution in [1.82, 2.24) is 14.9 Å². The van der Waals surface area contributed by atoms with Gasteiger partial charge in [-0.25, -0.2) is 4.39 Å². The highest BCUT2D eigenvalue weighted by atomic mass is 19.1. The average molecular weight is 382 g/mol. The van der Waals surface area contributed by atoms with E-state index in [-0.39, 0.29) is 17.2 Å². The van der Waals surface area contributed by atoms with E-state index < -0.39 is 5.82 Å². The second kappa shape index (κ2) is 6.88. The molecule has 1 aliphatic rings. The quantitative estimate of drug-likeness (QED) is 0.647. The standard InChI is InChI=1S/C20H19FN4O3/c1-25-10-11(6-7-15(25)26)17-18(16-13(23-17)8-9-22-20(16)27)24-14-5-3-4-12(21)19(14)28-2/h3-7,10,23-24H,8-9H2,1-2H3,(H,22,27). The molecule has 1 amide bonds. The van der Waals surface area contributed by atoms with Gasteiger partial charge in [0.15, 0.2) is 11.6 Å². The molecule has 3 heterocycles. The van der Waals surface area contributed by atoms with Crippen LogP contribution in [0.15, 0.2) is 41.3 Å². The zero-order valence-electron chi connectivity index (χ0n) is 15.4. The fourth-order valence-corrected chi connectivity index (χ4v) is 3.41. The van der Waals surface area contributed by atoms with E-state index in [1.54, 1.807) is 31.4 Å². The zero-order chi connectivity index (χ0) is 19.8. The van der Waals surface area contributed by atoms with Crippen LogP contribution in [-0.2, 0) is 13.5 Å². The lowest BCUT2D eigenvalue weighted by Gasteiger charge is -2.16. The van der Waals surface area contributed by atoms with Gasteiger partial charge in [-0.3, -0.25) is 9.59 Å². The third-order valence-electron chi connectivity index (χ3n) is 4.77. The number of halogens is 1. The molecule has 4 rings (SSSR count). The molecule has 28 heavy (non-hydrogen) atoms. The number of amides is 1. The lowest BCUT2D eigenvalue weighted by atomic mass is 10.1. The predicted molar refractivity (Wildman–Crippen MR) is 104 cm³/mol. The van der Waals surface area contributed by atoms with Crippen molar-refractivity contribution >= 4 is 17.3 Å². The molecule has 144 valence electrons. The first-order valence-electron chi connectivity index (χ1n) is 8.79. The molecule has 0 aliphatic carbocycles. The molecule has 0 saturated heterocycles. The Kier molecular flexibility index (Phi) is 4.38. The van der Waals surface area contributed by atoms with Gasteiger partial charge in [-0.05, 0) is 18.2 Å². The molecule has 7 nitrogen and oxygen atoms in total. The van der Waals surface area contributed by atoms with Gasteiger partial charge in [-0.2, -0.15) is 0 Å². The maximum absolute atomic E-state index is 14.1. The first kappa shape index (κ1) is 17.8. The fourth-order valence-electron chi connectivity index (χ4n) is 3.41. The first-order valence-corrected chi connectivity index (χ1v) is 8.79. The van der Waals surface area contributed by atoms with E-state index in [0.29, 0.717) is 35.6 Å². The van der Waals surface area contributed by atoms with Crippen molar-refractivity contribution in [2.24, 2.45) is 7.05 Å². The topological polar surface area (TPSA) is 88.2 Å². The van der Waals surface area contributed by atoms with Crippen LogP contribution >= 0.6 is 0 Å². The number of H-pyrrole nitrogens is 1. The van der Waals surface area contributed by atoms with Crippen molar-refractivity contribution in [2.75, 3.05) is 19.0 Å². The highest BCUT2D eigenvalue weighted by molar-refractivity contribution is 6.06. The molecule has 0 fully saturated rings. The van der Waals surface area contributed by atoms with Gasteiger partial charge in [0.2, 0.25) is 5.56 Å². The number of benzene rings is 1. The first-order chi connectivity index (χ1) is 13.5. The van der Waals surface area contributed by atoms with Crippen LogP contribution in [0.25, 0.3) is 11.3 Å². The summed E-state index contributed by atoms with van der Waals surface area (Å²) < 4.78 is 20.8. The van der Waals surface area contributed by atoms with E-state index >= 15 is 0 Å². The minimum absolute atomic E-state index is 0.0556. The molecular weight excluding hydrogens is 363 g/mol. The molecule has 8 heteroatoms. The summed E-state index contributed by atoms with van der Waals surface area (Å²) in [6.07, 6.45) is 2.33. The number of ether oxygens (including phenoxy) is 1. The van der Waals surface area contributed by atoms with E-state index in [1.807, 2.05) is 0 Å². The summed E-state index contributed by atoms with van der Waals surface area (Å²) in [5, 5.41) is 5.99. The fraction of sp³-hybridized carbons (Fsp3) is 0.200. The number of rotatable bonds is 4. The number of anilines is 2. The molecule has 3 aromatic rings. The molecule has 1 aliphatic heterocycles. The predicted octanol–water partition coefficient (Wildman–Crippen LogP) is 2.56. The summed E-state index contributed by atoms with van der Waals surface area (Å²) in [6, 6.07) is 7.68. The maximum atomic E-state index is 14.1. The van der Waals surface area contributed by atoms with Crippen LogP contribution in [0.4, 0.5) is 15.8 Å². The van der Waals surface area contributed by atoms with Gasteiger partial charge in [0.1, 0.15) is 0 Å². The van der Waals surface area contributed by atoms with E-state index in [0.717, 1.165) is 11.3 Å². The third kappa shape index (κ3) is 2.92. The van der Waals surface area contributed by atoms with Gasteiger partial charge in [-0.1, -0.05) is 6.07 Å². The number of pyridine rings is 1. The summed E-state index contributed by atoms with van der Waals surface area (Å²) in [6.45, 7) is 0.530. The number of aromatic nitrogens is 2. The van der Waals surface area contributed by atoms with E-state index in [4.69, 9.17) is 4.74 Å². The third-order valence-corrected chi connectivity index (χ3v) is 4.77. The highest BCUT2D eigenvalue weighted by Gasteiger charge is 2.27. The normalized spacial score (nSPS) is 13.0. The van der Waals surface area contributed by atoms with Gasteiger partial charge in [-0.15, -0.1) is 0 Å². The van der Waals surface area contributed by atoms with Gasteiger partial charge in [0.25, 0.3) is 5.91 Å². The summed E-state index contributed by atoms with van der Waals surface area (Å²) >= 11 is 0. The Labute approximate surface area is 160 Å². The largest absolute Gasteiger partial charge is 0.492 e. The van der Waals surface area contributed by atoms with E-state index in [1.165, 1.54) is 23.8 Å². The van der Waals surface area contributed by atoms with Gasteiger partial charge in [0, 0.05) is 43.5 Å². The van der Waals surface area contributed by atoms with Crippen LogP contribution in [0.5, 0.6) is 5.75 Å². The molecular formula is C20H19FN4O3. The average Bonchev–Trinajstić information content (AvgIpc) is 3.04. The monoisotopic (exact) mass is 382 g/mol. The molecule has 2 aromatic heterocycles. The number of hydrogen-bond acceptors (Lipinski definition) is 4. The van der Waals surface area contributed by atoms with Crippen LogP contribution in [-0.4, -0.2) is 29.1 Å². The summed E-state index contributed by atoms with van der Waals surface area (Å²) in [5.41, 5.74) is 3.39. The lowest BCUT2D eigenvalue weighted by molar-refractivity contribution is 0.0947. The molecule has 0 atom stereocenters. The minimum atomic E-state index is -0.509. The molecule has 0 bridgehead atoms. The number of para-hydroxylation sites is 1. The Hall–Kier alpha value is -3.55. The van der Waals surface area contributed by atoms with E-state index in [2.05, 4.69) is 15.6 Å². The van der Waals surface area contributed by atoms with Crippen molar-refractivity contribution in [3.8, 4) is 17.0 Å². The Balaban J connectivity index is 1.91. The number of nitrogens with one attached hydrogen (secondary N) is 3. The number of carbonyl (C=O) groups excluding carboxylic acids is 1. The summed E-state index contributed by atoms with van der Waals surface area (Å²) in [7, 11) is 3.04. The van der Waals surface area contributed by atoms with Gasteiger partial charge in [0.05, 0.1) is 29.7 Å². The van der Waals surface area contributed by atoms with Crippen molar-refractivity contribution in [3.05, 3.63) is 64.0 Å². The second-order valence-electron chi connectivity index (χ2n) is 6.55. The van der Waals surface area contributed by atoms with Crippen molar-refractivity contribution in [1.29, 1.82) is 0 Å². The lowest BCUT2D eigenvalue weighted by Crippen LogP contribution is -2.31. The summed E-state index contributed by atoms with van der Waals surface area (Å²) in [4.78, 5) is 27.6. The van der Waals surface area contributed by atoms with Crippen LogP contribution in [0, 0.1) is 5.82 Å². The minimum Gasteiger partial charge on any atom is -0.492 e. The summed E-state index contributed by atoms with van der Waals surface area (Å²) in [5.74, 6) is -0.670. The SMILES string of the molecule is COc1c(F)cccc1Nc1c(-c2ccc(=O)n(C)c2)[nH]c2c1C(=O)NCC2. The Bertz CT molecular complexity index is 1130. The van der Waals surface area contributed by atoms with Gasteiger partial charge < -0.3 is 24.9 Å².